The van der Waals surface area contributed by atoms with Crippen molar-refractivity contribution in [2.45, 2.75) is 114 Å². The molecule has 0 unspecified atom stereocenters. The molecule has 7 atom stereocenters. The lowest BCUT2D eigenvalue weighted by atomic mass is 10.0. The normalized spacial score (nSPS) is 14.4. The average Bonchev–Trinajstić information content (AvgIpc) is 3.18. The number of hydrogen-bond acceptors (Lipinski definition) is 13. The van der Waals surface area contributed by atoms with Crippen molar-refractivity contribution in [1.29, 1.82) is 0 Å². The number of phenolic OH excluding ortho intramolecular Hbond substituents is 1. The molecule has 1 aromatic carbocycles. The number of nitrogens with zero attached hydrogens (tertiary/aromatic N) is 1. The predicted molar refractivity (Wildman–Crippen MR) is 216 cm³/mol. The molecule has 0 aliphatic rings. The minimum absolute atomic E-state index is 0.00462. The number of aromatic hydroxyl groups is 1. The summed E-state index contributed by atoms with van der Waals surface area (Å²) in [6.07, 6.45) is -0.0320. The molecule has 0 aliphatic carbocycles. The number of carboxylic acids is 2. The topological polar surface area (TPSA) is 406 Å². The maximum Gasteiger partial charge on any atom is 0.326 e. The minimum Gasteiger partial charge on any atom is -0.508 e. The van der Waals surface area contributed by atoms with Crippen LogP contribution in [0.1, 0.15) is 71.3 Å². The summed E-state index contributed by atoms with van der Waals surface area (Å²) in [5.74, 6) is -8.73. The number of carboxylic acid groups (broad SMARTS) is 2. The largest absolute Gasteiger partial charge is 0.508 e. The Kier molecular flexibility index (Phi) is 23.2. The van der Waals surface area contributed by atoms with Crippen molar-refractivity contribution in [2.75, 3.05) is 19.7 Å². The fourth-order valence-electron chi connectivity index (χ4n) is 5.51. The summed E-state index contributed by atoms with van der Waals surface area (Å²) >= 11 is 0. The van der Waals surface area contributed by atoms with Crippen LogP contribution in [0.4, 0.5) is 0 Å². The molecule has 336 valence electrons. The van der Waals surface area contributed by atoms with E-state index in [2.05, 4.69) is 36.9 Å². The van der Waals surface area contributed by atoms with Crippen LogP contribution in [0.15, 0.2) is 29.3 Å². The number of rotatable bonds is 28. The summed E-state index contributed by atoms with van der Waals surface area (Å²) in [4.78, 5) is 106. The first kappa shape index (κ1) is 51.9. The molecular weight excluding hydrogens is 790 g/mol. The van der Waals surface area contributed by atoms with Gasteiger partial charge in [0.1, 0.15) is 42.0 Å². The number of nitrogens with two attached hydrogens (primary N) is 4. The number of guanidine groups is 1. The number of carbonyl (C=O) groups excluding carboxylic acids is 6. The minimum atomic E-state index is -1.69. The highest BCUT2D eigenvalue weighted by atomic mass is 16.4. The lowest BCUT2D eigenvalue weighted by Gasteiger charge is -2.28. The van der Waals surface area contributed by atoms with Crippen LogP contribution in [-0.2, 0) is 44.8 Å². The molecule has 0 saturated heterocycles. The zero-order valence-corrected chi connectivity index (χ0v) is 34.0. The van der Waals surface area contributed by atoms with Crippen LogP contribution >= 0.6 is 0 Å². The van der Waals surface area contributed by atoms with Crippen LogP contribution in [-0.4, -0.2) is 136 Å². The van der Waals surface area contributed by atoms with Gasteiger partial charge in [-0.3, -0.25) is 38.6 Å². The first-order valence-corrected chi connectivity index (χ1v) is 19.4. The lowest BCUT2D eigenvalue weighted by molar-refractivity contribution is -0.143. The molecule has 23 heteroatoms. The Morgan fingerprint density at radius 1 is 0.667 bits per heavy atom. The van der Waals surface area contributed by atoms with Crippen molar-refractivity contribution < 1.29 is 58.8 Å². The smallest absolute Gasteiger partial charge is 0.326 e. The van der Waals surface area contributed by atoms with E-state index in [1.807, 2.05) is 0 Å². The molecule has 1 aromatic rings. The number of carbonyl (C=O) groups is 8. The van der Waals surface area contributed by atoms with E-state index >= 15 is 0 Å². The van der Waals surface area contributed by atoms with E-state index < -0.39 is 115 Å². The highest BCUT2D eigenvalue weighted by Gasteiger charge is 2.34. The molecule has 18 N–H and O–H groups in total. The third-order valence-electron chi connectivity index (χ3n) is 8.96. The van der Waals surface area contributed by atoms with Gasteiger partial charge in [0.2, 0.25) is 35.4 Å². The van der Waals surface area contributed by atoms with Crippen molar-refractivity contribution in [3.8, 4) is 5.75 Å². The molecule has 0 spiro atoms. The number of unbranched alkanes of at least 4 members (excludes halogenated alkanes) is 1. The van der Waals surface area contributed by atoms with Gasteiger partial charge in [-0.25, -0.2) is 4.79 Å². The second-order valence-corrected chi connectivity index (χ2v) is 14.4. The summed E-state index contributed by atoms with van der Waals surface area (Å²) in [7, 11) is 0. The van der Waals surface area contributed by atoms with Gasteiger partial charge in [-0.05, 0) is 82.0 Å². The van der Waals surface area contributed by atoms with E-state index in [1.54, 1.807) is 26.0 Å². The monoisotopic (exact) mass is 851 g/mol. The van der Waals surface area contributed by atoms with Crippen molar-refractivity contribution >= 4 is 53.3 Å². The van der Waals surface area contributed by atoms with Crippen LogP contribution in [0.3, 0.4) is 0 Å². The van der Waals surface area contributed by atoms with E-state index in [9.17, 15) is 53.7 Å². The van der Waals surface area contributed by atoms with E-state index in [0.29, 0.717) is 18.4 Å². The van der Waals surface area contributed by atoms with E-state index in [0.717, 1.165) is 0 Å². The zero-order chi connectivity index (χ0) is 45.5. The molecule has 0 heterocycles. The molecular formula is C37H61N11O12. The van der Waals surface area contributed by atoms with Crippen LogP contribution in [0.2, 0.25) is 0 Å². The summed E-state index contributed by atoms with van der Waals surface area (Å²) in [5, 5.41) is 52.3. The van der Waals surface area contributed by atoms with Crippen LogP contribution in [0, 0.1) is 5.92 Å². The first-order valence-electron chi connectivity index (χ1n) is 19.4. The second-order valence-electron chi connectivity index (χ2n) is 14.4. The van der Waals surface area contributed by atoms with Crippen molar-refractivity contribution in [1.82, 2.24) is 31.9 Å². The van der Waals surface area contributed by atoms with Gasteiger partial charge in [0.05, 0.1) is 12.6 Å². The van der Waals surface area contributed by atoms with E-state index in [4.69, 9.17) is 28.0 Å². The number of hydrogen-bond donors (Lipinski definition) is 14. The third-order valence-corrected chi connectivity index (χ3v) is 8.96. The van der Waals surface area contributed by atoms with Gasteiger partial charge in [-0.15, -0.1) is 0 Å². The fourth-order valence-corrected chi connectivity index (χ4v) is 5.51. The zero-order valence-electron chi connectivity index (χ0n) is 34.0. The van der Waals surface area contributed by atoms with Gasteiger partial charge in [0, 0.05) is 13.0 Å². The molecule has 60 heavy (non-hydrogen) atoms. The number of aliphatic carboxylic acids is 2. The Morgan fingerprint density at radius 2 is 1.20 bits per heavy atom. The lowest BCUT2D eigenvalue weighted by Crippen LogP contribution is -2.60. The molecule has 6 amide bonds. The molecule has 0 radical (unpaired) electrons. The van der Waals surface area contributed by atoms with Gasteiger partial charge in [0.25, 0.3) is 0 Å². The summed E-state index contributed by atoms with van der Waals surface area (Å²) in [5.41, 5.74) is 23.1. The molecule has 0 saturated carbocycles. The Labute approximate surface area is 347 Å². The standard InChI is InChI=1S/C37H61N11O12/c1-19(2)29(35(58)45-24(7-4-5-15-38)32(55)47-27(18-49)34(57)46-26(36(59)60)13-14-28(51)52)48-33(56)25(8-6-16-42-37(40)41)44-30(53)20(3)43-31(54)23(39)17-21-9-11-22(50)12-10-21/h9-12,19-20,23-27,29,49-50H,4-8,13-18,38-39H2,1-3H3,(H,43,54)(H,44,53)(H,45,58)(H,46,57)(H,47,55)(H,48,56)(H,51,52)(H,59,60)(H4,40,41,42)/t20-,23-,24-,25-,26-,27-,29-/m0/s1. The Hall–Kier alpha value is -6.07. The highest BCUT2D eigenvalue weighted by molar-refractivity contribution is 5.97. The van der Waals surface area contributed by atoms with Gasteiger partial charge in [0.15, 0.2) is 5.96 Å². The van der Waals surface area contributed by atoms with Gasteiger partial charge >= 0.3 is 11.9 Å². The molecule has 0 aliphatic heterocycles. The van der Waals surface area contributed by atoms with Crippen LogP contribution < -0.4 is 54.8 Å². The number of benzene rings is 1. The third kappa shape index (κ3) is 19.6. The van der Waals surface area contributed by atoms with Gasteiger partial charge in [-0.2, -0.15) is 0 Å². The van der Waals surface area contributed by atoms with Crippen molar-refractivity contribution in [2.24, 2.45) is 33.8 Å². The Morgan fingerprint density at radius 3 is 1.73 bits per heavy atom. The molecule has 0 fully saturated rings. The van der Waals surface area contributed by atoms with Crippen molar-refractivity contribution in [3.05, 3.63) is 29.8 Å². The summed E-state index contributed by atoms with van der Waals surface area (Å²) < 4.78 is 0. The summed E-state index contributed by atoms with van der Waals surface area (Å²) in [6, 6.07) is -3.40. The predicted octanol–water partition coefficient (Wildman–Crippen LogP) is -4.03. The van der Waals surface area contributed by atoms with Gasteiger partial charge in [-0.1, -0.05) is 26.0 Å². The van der Waals surface area contributed by atoms with Gasteiger partial charge < -0.3 is 75.3 Å². The Balaban J connectivity index is 3.18. The maximum absolute atomic E-state index is 13.8. The fraction of sp³-hybridized carbons (Fsp3) is 0.595. The first-order chi connectivity index (χ1) is 28.2. The van der Waals surface area contributed by atoms with Crippen LogP contribution in [0.25, 0.3) is 0 Å². The highest BCUT2D eigenvalue weighted by Crippen LogP contribution is 2.12. The van der Waals surface area contributed by atoms with E-state index in [1.165, 1.54) is 19.1 Å². The molecule has 0 aromatic heterocycles. The van der Waals surface area contributed by atoms with Crippen LogP contribution in [0.5, 0.6) is 5.75 Å². The number of aliphatic hydroxyl groups excluding tert-OH is 1. The number of aliphatic hydroxyl groups is 1. The Bertz CT molecular complexity index is 1640. The number of amides is 6. The van der Waals surface area contributed by atoms with Crippen molar-refractivity contribution in [3.63, 3.8) is 0 Å². The maximum atomic E-state index is 13.8. The summed E-state index contributed by atoms with van der Waals surface area (Å²) in [6.45, 7) is 3.93. The average molecular weight is 852 g/mol. The number of nitrogens with one attached hydrogen (secondary N) is 6. The molecule has 0 bridgehead atoms. The second kappa shape index (κ2) is 26.8. The van der Waals surface area contributed by atoms with E-state index in [-0.39, 0.29) is 50.5 Å². The number of aliphatic imine (C=N–C) groups is 1. The number of phenols is 1. The quantitative estimate of drug-likeness (QED) is 0.0217. The SMILES string of the molecule is CC(C)[C@H](NC(=O)[C@H](CCCN=C(N)N)NC(=O)[C@H](C)NC(=O)[C@@H](N)Cc1ccc(O)cc1)C(=O)N[C@@H](CCCCN)C(=O)N[C@@H](CO)C(=O)N[C@@H](CCC(=O)O)C(=O)O. The molecule has 1 rings (SSSR count). The molecule has 23 nitrogen and oxygen atoms in total.